The molecule has 0 spiro atoms. The molecule has 2 aromatic rings. The molecule has 0 unspecified atom stereocenters. The molecule has 1 aliphatic heterocycles. The van der Waals surface area contributed by atoms with Crippen LogP contribution in [-0.2, 0) is 4.74 Å². The second-order valence-electron chi connectivity index (χ2n) is 7.34. The van der Waals surface area contributed by atoms with Crippen LogP contribution in [0.1, 0.15) is 20.8 Å². The topological polar surface area (TPSA) is 45.7 Å². The number of pyridine rings is 1. The molecule has 0 radical (unpaired) electrons. The number of aromatic nitrogens is 1. The van der Waals surface area contributed by atoms with Crippen molar-refractivity contribution in [2.75, 3.05) is 31.1 Å². The fourth-order valence-corrected chi connectivity index (χ4v) is 3.77. The number of amides is 1. The van der Waals surface area contributed by atoms with Gasteiger partial charge in [0.05, 0.1) is 5.02 Å². The van der Waals surface area contributed by atoms with E-state index in [1.54, 1.807) is 22.9 Å². The van der Waals surface area contributed by atoms with Crippen LogP contribution in [0.3, 0.4) is 0 Å². The van der Waals surface area contributed by atoms with Gasteiger partial charge in [-0.25, -0.2) is 9.78 Å². The SMILES string of the molecule is CC(C)(C)OC(=O)N1CCN(c2ccc(Sc3ncccc3Cl)cc2)CC1. The Kier molecular flexibility index (Phi) is 6.17. The molecule has 1 amide bonds. The summed E-state index contributed by atoms with van der Waals surface area (Å²) in [6.45, 7) is 8.57. The third kappa shape index (κ3) is 5.53. The number of anilines is 1. The molecule has 1 fully saturated rings. The normalized spacial score (nSPS) is 15.0. The Morgan fingerprint density at radius 1 is 1.11 bits per heavy atom. The van der Waals surface area contributed by atoms with E-state index in [1.807, 2.05) is 32.9 Å². The number of halogens is 1. The predicted octanol–water partition coefficient (Wildman–Crippen LogP) is 4.94. The van der Waals surface area contributed by atoms with E-state index in [9.17, 15) is 4.79 Å². The van der Waals surface area contributed by atoms with E-state index in [0.717, 1.165) is 28.7 Å². The first-order valence-corrected chi connectivity index (χ1v) is 10.1. The van der Waals surface area contributed by atoms with Crippen molar-refractivity contribution in [3.05, 3.63) is 47.6 Å². The van der Waals surface area contributed by atoms with Crippen LogP contribution in [0.15, 0.2) is 52.5 Å². The van der Waals surface area contributed by atoms with Gasteiger partial charge in [-0.2, -0.15) is 0 Å². The van der Waals surface area contributed by atoms with Crippen LogP contribution in [0.2, 0.25) is 5.02 Å². The summed E-state index contributed by atoms with van der Waals surface area (Å²) >= 11 is 7.72. The van der Waals surface area contributed by atoms with Gasteiger partial charge >= 0.3 is 6.09 Å². The van der Waals surface area contributed by atoms with Crippen LogP contribution in [-0.4, -0.2) is 47.8 Å². The molecule has 0 atom stereocenters. The van der Waals surface area contributed by atoms with Crippen molar-refractivity contribution in [2.45, 2.75) is 36.3 Å². The lowest BCUT2D eigenvalue weighted by Crippen LogP contribution is -2.50. The first kappa shape index (κ1) is 19.8. The maximum Gasteiger partial charge on any atom is 0.410 e. The average molecular weight is 406 g/mol. The Hall–Kier alpha value is -1.92. The van der Waals surface area contributed by atoms with Crippen molar-refractivity contribution in [3.8, 4) is 0 Å². The van der Waals surface area contributed by atoms with Gasteiger partial charge in [0, 0.05) is 43.0 Å². The maximum atomic E-state index is 12.2. The van der Waals surface area contributed by atoms with Crippen LogP contribution >= 0.6 is 23.4 Å². The standard InChI is InChI=1S/C20H24ClN3O2S/c1-20(2,3)26-19(25)24-13-11-23(12-14-24)15-6-8-16(9-7-15)27-18-17(21)5-4-10-22-18/h4-10H,11-14H2,1-3H3. The first-order chi connectivity index (χ1) is 12.8. The smallest absolute Gasteiger partial charge is 0.410 e. The van der Waals surface area contributed by atoms with Gasteiger partial charge in [0.1, 0.15) is 10.6 Å². The van der Waals surface area contributed by atoms with Gasteiger partial charge < -0.3 is 14.5 Å². The van der Waals surface area contributed by atoms with Crippen LogP contribution in [0.5, 0.6) is 0 Å². The molecule has 2 heterocycles. The number of ether oxygens (including phenoxy) is 1. The molecule has 7 heteroatoms. The van der Waals surface area contributed by atoms with E-state index in [4.69, 9.17) is 16.3 Å². The molecule has 0 bridgehead atoms. The minimum atomic E-state index is -0.460. The zero-order chi connectivity index (χ0) is 19.4. The summed E-state index contributed by atoms with van der Waals surface area (Å²) < 4.78 is 5.45. The quantitative estimate of drug-likeness (QED) is 0.723. The Morgan fingerprint density at radius 2 is 1.78 bits per heavy atom. The van der Waals surface area contributed by atoms with Crippen LogP contribution < -0.4 is 4.90 Å². The summed E-state index contributed by atoms with van der Waals surface area (Å²) in [5.41, 5.74) is 0.688. The van der Waals surface area contributed by atoms with Crippen LogP contribution in [0.25, 0.3) is 0 Å². The molecule has 1 aromatic carbocycles. The highest BCUT2D eigenvalue weighted by molar-refractivity contribution is 7.99. The summed E-state index contributed by atoms with van der Waals surface area (Å²) in [6.07, 6.45) is 1.51. The monoisotopic (exact) mass is 405 g/mol. The zero-order valence-corrected chi connectivity index (χ0v) is 17.4. The number of carbonyl (C=O) groups excluding carboxylic acids is 1. The third-order valence-corrected chi connectivity index (χ3v) is 5.52. The molecule has 1 saturated heterocycles. The van der Waals surface area contributed by atoms with Crippen LogP contribution in [0, 0.1) is 0 Å². The third-order valence-electron chi connectivity index (χ3n) is 4.07. The number of hydrogen-bond donors (Lipinski definition) is 0. The zero-order valence-electron chi connectivity index (χ0n) is 15.8. The summed E-state index contributed by atoms with van der Waals surface area (Å²) in [5.74, 6) is 0. The molecule has 27 heavy (non-hydrogen) atoms. The van der Waals surface area contributed by atoms with Gasteiger partial charge in [0.2, 0.25) is 0 Å². The number of hydrogen-bond acceptors (Lipinski definition) is 5. The van der Waals surface area contributed by atoms with E-state index in [2.05, 4.69) is 34.1 Å². The lowest BCUT2D eigenvalue weighted by atomic mass is 10.2. The van der Waals surface area contributed by atoms with Gasteiger partial charge in [0.15, 0.2) is 0 Å². The molecular weight excluding hydrogens is 382 g/mol. The van der Waals surface area contributed by atoms with Gasteiger partial charge in [-0.1, -0.05) is 23.4 Å². The molecule has 0 N–H and O–H groups in total. The Balaban J connectivity index is 1.56. The van der Waals surface area contributed by atoms with E-state index in [-0.39, 0.29) is 6.09 Å². The minimum absolute atomic E-state index is 0.235. The molecular formula is C20H24ClN3O2S. The molecule has 3 rings (SSSR count). The van der Waals surface area contributed by atoms with Crippen molar-refractivity contribution >= 4 is 35.1 Å². The van der Waals surface area contributed by atoms with E-state index >= 15 is 0 Å². The summed E-state index contributed by atoms with van der Waals surface area (Å²) in [5, 5.41) is 1.46. The number of rotatable bonds is 3. The highest BCUT2D eigenvalue weighted by Crippen LogP contribution is 2.32. The van der Waals surface area contributed by atoms with Gasteiger partial charge in [-0.05, 0) is 57.2 Å². The second kappa shape index (κ2) is 8.40. The summed E-state index contributed by atoms with van der Waals surface area (Å²) in [4.78, 5) is 21.6. The molecule has 0 saturated carbocycles. The van der Waals surface area contributed by atoms with E-state index in [1.165, 1.54) is 0 Å². The van der Waals surface area contributed by atoms with Crippen molar-refractivity contribution in [1.82, 2.24) is 9.88 Å². The van der Waals surface area contributed by atoms with Crippen molar-refractivity contribution in [3.63, 3.8) is 0 Å². The first-order valence-electron chi connectivity index (χ1n) is 8.93. The van der Waals surface area contributed by atoms with Gasteiger partial charge in [-0.3, -0.25) is 0 Å². The van der Waals surface area contributed by atoms with E-state index < -0.39 is 5.60 Å². The number of nitrogens with zero attached hydrogens (tertiary/aromatic N) is 3. The fraction of sp³-hybridized carbons (Fsp3) is 0.400. The molecule has 0 aliphatic carbocycles. The summed E-state index contributed by atoms with van der Waals surface area (Å²) in [6, 6.07) is 12.0. The lowest BCUT2D eigenvalue weighted by Gasteiger charge is -2.36. The largest absolute Gasteiger partial charge is 0.444 e. The Bertz CT molecular complexity index is 785. The molecule has 144 valence electrons. The van der Waals surface area contributed by atoms with Crippen molar-refractivity contribution < 1.29 is 9.53 Å². The highest BCUT2D eigenvalue weighted by atomic mass is 35.5. The van der Waals surface area contributed by atoms with Crippen molar-refractivity contribution in [2.24, 2.45) is 0 Å². The fourth-order valence-electron chi connectivity index (χ4n) is 2.76. The Morgan fingerprint density at radius 3 is 2.37 bits per heavy atom. The minimum Gasteiger partial charge on any atom is -0.444 e. The van der Waals surface area contributed by atoms with E-state index in [0.29, 0.717) is 18.1 Å². The Labute approximate surface area is 169 Å². The summed E-state index contributed by atoms with van der Waals surface area (Å²) in [7, 11) is 0. The predicted molar refractivity (Wildman–Crippen MR) is 110 cm³/mol. The van der Waals surface area contributed by atoms with Gasteiger partial charge in [-0.15, -0.1) is 0 Å². The number of piperazine rings is 1. The maximum absolute atomic E-state index is 12.2. The second-order valence-corrected chi connectivity index (χ2v) is 8.81. The van der Waals surface area contributed by atoms with Crippen molar-refractivity contribution in [1.29, 1.82) is 0 Å². The lowest BCUT2D eigenvalue weighted by molar-refractivity contribution is 0.0240. The molecule has 5 nitrogen and oxygen atoms in total. The van der Waals surface area contributed by atoms with Gasteiger partial charge in [0.25, 0.3) is 0 Å². The van der Waals surface area contributed by atoms with Crippen LogP contribution in [0.4, 0.5) is 10.5 Å². The molecule has 1 aliphatic rings. The highest BCUT2D eigenvalue weighted by Gasteiger charge is 2.25. The number of carbonyl (C=O) groups is 1. The average Bonchev–Trinajstić information content (AvgIpc) is 2.63. The number of benzene rings is 1. The molecule has 1 aromatic heterocycles.